The lowest BCUT2D eigenvalue weighted by Crippen LogP contribution is -2.50. The fraction of sp³-hybridized carbons (Fsp3) is 0.692. The highest BCUT2D eigenvalue weighted by Gasteiger charge is 2.38. The van der Waals surface area contributed by atoms with E-state index in [1.54, 1.807) is 7.05 Å². The molecule has 106 valence electrons. The number of carbonyl (C=O) groups excluding carboxylic acids is 1. The molecule has 0 aliphatic carbocycles. The molecule has 6 heteroatoms. The number of aliphatic carboxylic acids is 1. The third-order valence-corrected chi connectivity index (χ3v) is 3.26. The number of hydrogen-bond acceptors (Lipinski definition) is 3. The first kappa shape index (κ1) is 15.3. The van der Waals surface area contributed by atoms with Crippen LogP contribution in [0.1, 0.15) is 19.8 Å². The summed E-state index contributed by atoms with van der Waals surface area (Å²) in [5, 5.41) is 11.8. The van der Waals surface area contributed by atoms with Crippen LogP contribution in [0.15, 0.2) is 0 Å². The topological polar surface area (TPSA) is 78.9 Å². The Hall–Kier alpha value is -1.74. The summed E-state index contributed by atoms with van der Waals surface area (Å²) in [6, 6.07) is -1.15. The van der Waals surface area contributed by atoms with Crippen LogP contribution in [0.4, 0.5) is 4.79 Å². The Labute approximate surface area is 113 Å². The van der Waals surface area contributed by atoms with Gasteiger partial charge in [-0.1, -0.05) is 19.3 Å². The Kier molecular flexibility index (Phi) is 5.64. The number of carboxylic acids is 1. The van der Waals surface area contributed by atoms with Gasteiger partial charge >= 0.3 is 12.0 Å². The van der Waals surface area contributed by atoms with E-state index in [-0.39, 0.29) is 25.3 Å². The maximum atomic E-state index is 12.0. The molecule has 0 bridgehead atoms. The molecule has 1 rings (SSSR count). The van der Waals surface area contributed by atoms with Crippen molar-refractivity contribution in [3.63, 3.8) is 0 Å². The normalized spacial score (nSPS) is 23.4. The Morgan fingerprint density at radius 3 is 2.79 bits per heavy atom. The quantitative estimate of drug-likeness (QED) is 0.713. The molecule has 2 N–H and O–H groups in total. The Morgan fingerprint density at radius 2 is 2.26 bits per heavy atom. The monoisotopic (exact) mass is 268 g/mol. The van der Waals surface area contributed by atoms with Gasteiger partial charge in [0.1, 0.15) is 5.92 Å². The number of carboxylic acid groups (broad SMARTS) is 1. The van der Waals surface area contributed by atoms with Crippen molar-refractivity contribution in [1.82, 2.24) is 10.2 Å². The van der Waals surface area contributed by atoms with E-state index in [1.165, 1.54) is 4.90 Å². The van der Waals surface area contributed by atoms with E-state index in [9.17, 15) is 9.59 Å². The number of rotatable bonds is 5. The Balaban J connectivity index is 2.61. The van der Waals surface area contributed by atoms with Gasteiger partial charge in [0.25, 0.3) is 0 Å². The highest BCUT2D eigenvalue weighted by atomic mass is 16.5. The summed E-state index contributed by atoms with van der Waals surface area (Å²) in [4.78, 5) is 24.4. The molecule has 2 amide bonds. The number of hydrogen-bond donors (Lipinski definition) is 2. The molecule has 0 spiro atoms. The van der Waals surface area contributed by atoms with Crippen LogP contribution in [0.2, 0.25) is 0 Å². The molecule has 1 aliphatic heterocycles. The third kappa shape index (κ3) is 3.86. The van der Waals surface area contributed by atoms with Crippen molar-refractivity contribution in [3.05, 3.63) is 0 Å². The zero-order valence-corrected chi connectivity index (χ0v) is 11.3. The number of amides is 2. The largest absolute Gasteiger partial charge is 0.481 e. The van der Waals surface area contributed by atoms with Crippen molar-refractivity contribution in [3.8, 4) is 12.3 Å². The van der Waals surface area contributed by atoms with Crippen molar-refractivity contribution in [2.24, 2.45) is 5.92 Å². The highest BCUT2D eigenvalue weighted by Crippen LogP contribution is 2.19. The zero-order valence-electron chi connectivity index (χ0n) is 11.3. The van der Waals surface area contributed by atoms with Gasteiger partial charge < -0.3 is 20.1 Å². The molecule has 3 unspecified atom stereocenters. The summed E-state index contributed by atoms with van der Waals surface area (Å²) in [6.07, 6.45) is 6.89. The van der Waals surface area contributed by atoms with Crippen LogP contribution in [0, 0.1) is 18.3 Å². The minimum absolute atomic E-state index is 0.130. The molecule has 1 heterocycles. The number of ether oxygens (including phenoxy) is 1. The summed E-state index contributed by atoms with van der Waals surface area (Å²) in [6.45, 7) is 2.34. The summed E-state index contributed by atoms with van der Waals surface area (Å²) >= 11 is 0. The van der Waals surface area contributed by atoms with Gasteiger partial charge in [-0.05, 0) is 6.42 Å². The lowest BCUT2D eigenvalue weighted by molar-refractivity contribution is -0.142. The lowest BCUT2D eigenvalue weighted by Gasteiger charge is -2.27. The third-order valence-electron chi connectivity index (χ3n) is 3.26. The summed E-state index contributed by atoms with van der Waals surface area (Å²) in [7, 11) is 1.56. The van der Waals surface area contributed by atoms with Crippen LogP contribution in [0.5, 0.6) is 0 Å². The van der Waals surface area contributed by atoms with Crippen LogP contribution in [0.3, 0.4) is 0 Å². The van der Waals surface area contributed by atoms with Gasteiger partial charge in [-0.3, -0.25) is 4.79 Å². The van der Waals surface area contributed by atoms with Gasteiger partial charge in [-0.25, -0.2) is 4.79 Å². The molecule has 0 radical (unpaired) electrons. The maximum absolute atomic E-state index is 12.0. The second-order valence-electron chi connectivity index (χ2n) is 4.62. The van der Waals surface area contributed by atoms with Gasteiger partial charge in [-0.15, -0.1) is 6.42 Å². The number of nitrogens with zero attached hydrogens (tertiary/aromatic N) is 1. The van der Waals surface area contributed by atoms with Gasteiger partial charge in [0.15, 0.2) is 0 Å². The van der Waals surface area contributed by atoms with Crippen molar-refractivity contribution in [2.45, 2.75) is 31.8 Å². The standard InChI is InChI=1S/C13H20N2O4/c1-4-6-9(5-2)14-13(18)15(3)11-8-19-7-10(11)12(16)17/h2,9-11H,4,6-8H2,1,3H3,(H,14,18)(H,16,17). The van der Waals surface area contributed by atoms with Crippen LogP contribution < -0.4 is 5.32 Å². The van der Waals surface area contributed by atoms with Crippen LogP contribution >= 0.6 is 0 Å². The Bertz CT molecular complexity index is 377. The summed E-state index contributed by atoms with van der Waals surface area (Å²) in [5.74, 6) is 0.864. The van der Waals surface area contributed by atoms with Crippen molar-refractivity contribution >= 4 is 12.0 Å². The molecule has 0 saturated carbocycles. The zero-order chi connectivity index (χ0) is 14.4. The molecule has 3 atom stereocenters. The van der Waals surface area contributed by atoms with Crippen molar-refractivity contribution in [1.29, 1.82) is 0 Å². The lowest BCUT2D eigenvalue weighted by atomic mass is 10.0. The molecule has 1 saturated heterocycles. The first-order chi connectivity index (χ1) is 9.01. The van der Waals surface area contributed by atoms with E-state index in [0.29, 0.717) is 6.42 Å². The number of terminal acetylenes is 1. The van der Waals surface area contributed by atoms with Gasteiger partial charge in [-0.2, -0.15) is 0 Å². The highest BCUT2D eigenvalue weighted by molar-refractivity contribution is 5.77. The van der Waals surface area contributed by atoms with Crippen LogP contribution in [-0.2, 0) is 9.53 Å². The van der Waals surface area contributed by atoms with Gasteiger partial charge in [0.05, 0.1) is 25.3 Å². The van der Waals surface area contributed by atoms with Crippen molar-refractivity contribution < 1.29 is 19.4 Å². The van der Waals surface area contributed by atoms with Crippen molar-refractivity contribution in [2.75, 3.05) is 20.3 Å². The van der Waals surface area contributed by atoms with Gasteiger partial charge in [0, 0.05) is 7.05 Å². The predicted molar refractivity (Wildman–Crippen MR) is 69.6 cm³/mol. The number of likely N-dealkylation sites (N-methyl/N-ethyl adjacent to an activating group) is 1. The molecular formula is C13H20N2O4. The molecule has 0 aromatic rings. The minimum Gasteiger partial charge on any atom is -0.481 e. The molecular weight excluding hydrogens is 248 g/mol. The van der Waals surface area contributed by atoms with Crippen LogP contribution in [0.25, 0.3) is 0 Å². The summed E-state index contributed by atoms with van der Waals surface area (Å²) < 4.78 is 5.14. The van der Waals surface area contributed by atoms with E-state index in [4.69, 9.17) is 16.3 Å². The molecule has 1 fully saturated rings. The number of carbonyl (C=O) groups is 2. The minimum atomic E-state index is -0.954. The number of nitrogens with one attached hydrogen (secondary N) is 1. The predicted octanol–water partition coefficient (Wildman–Crippen LogP) is 0.529. The maximum Gasteiger partial charge on any atom is 0.318 e. The van der Waals surface area contributed by atoms with E-state index >= 15 is 0 Å². The van der Waals surface area contributed by atoms with Gasteiger partial charge in [0.2, 0.25) is 0 Å². The van der Waals surface area contributed by atoms with E-state index in [2.05, 4.69) is 11.2 Å². The average Bonchev–Trinajstić information content (AvgIpc) is 2.86. The SMILES string of the molecule is C#CC(CCC)NC(=O)N(C)C1COCC1C(=O)O. The fourth-order valence-corrected chi connectivity index (χ4v) is 2.05. The van der Waals surface area contributed by atoms with E-state index < -0.39 is 17.9 Å². The Morgan fingerprint density at radius 1 is 1.58 bits per heavy atom. The second kappa shape index (κ2) is 7.00. The first-order valence-electron chi connectivity index (χ1n) is 6.31. The van der Waals surface area contributed by atoms with Crippen LogP contribution in [-0.4, -0.2) is 54.4 Å². The molecule has 0 aromatic carbocycles. The molecule has 6 nitrogen and oxygen atoms in total. The molecule has 19 heavy (non-hydrogen) atoms. The van der Waals surface area contributed by atoms with E-state index in [0.717, 1.165) is 6.42 Å². The second-order valence-corrected chi connectivity index (χ2v) is 4.62. The number of urea groups is 1. The first-order valence-corrected chi connectivity index (χ1v) is 6.31. The summed E-state index contributed by atoms with van der Waals surface area (Å²) in [5.41, 5.74) is 0. The molecule has 1 aliphatic rings. The smallest absolute Gasteiger partial charge is 0.318 e. The average molecular weight is 268 g/mol. The molecule has 0 aromatic heterocycles. The fourth-order valence-electron chi connectivity index (χ4n) is 2.05. The van der Waals surface area contributed by atoms with E-state index in [1.807, 2.05) is 6.92 Å².